The largest absolute Gasteiger partial charge is 0.465 e. The Labute approximate surface area is 343 Å². The maximum absolute atomic E-state index is 14.3. The molecular formula is C43H51N6O7PS. The lowest BCUT2D eigenvalue weighted by Gasteiger charge is -2.44. The van der Waals surface area contributed by atoms with E-state index >= 15 is 0 Å². The number of esters is 1. The predicted molar refractivity (Wildman–Crippen MR) is 223 cm³/mol. The van der Waals surface area contributed by atoms with Gasteiger partial charge in [-0.1, -0.05) is 31.2 Å². The first-order valence-electron chi connectivity index (χ1n) is 20.5. The second-order valence-corrected chi connectivity index (χ2v) is 19.1. The third kappa shape index (κ3) is 8.51. The molecule has 58 heavy (non-hydrogen) atoms. The van der Waals surface area contributed by atoms with Gasteiger partial charge in [0.15, 0.2) is 0 Å². The lowest BCUT2D eigenvalue weighted by molar-refractivity contribution is -0.148. The summed E-state index contributed by atoms with van der Waals surface area (Å²) < 4.78 is 26.5. The molecule has 2 N–H and O–H groups in total. The first-order chi connectivity index (χ1) is 28.1. The Kier molecular flexibility index (Phi) is 11.9. The number of ether oxygens (including phenoxy) is 1. The lowest BCUT2D eigenvalue weighted by Crippen LogP contribution is -2.58. The van der Waals surface area contributed by atoms with Crippen LogP contribution >= 0.6 is 18.9 Å². The molecule has 0 bridgehead atoms. The number of anilines is 1. The summed E-state index contributed by atoms with van der Waals surface area (Å²) in [5.41, 5.74) is 3.09. The topological polar surface area (TPSA) is 150 Å². The molecule has 15 heteroatoms. The summed E-state index contributed by atoms with van der Waals surface area (Å²) in [6.07, 6.45) is 9.09. The van der Waals surface area contributed by atoms with Crippen LogP contribution in [0.3, 0.4) is 0 Å². The van der Waals surface area contributed by atoms with Gasteiger partial charge in [-0.2, -0.15) is 0 Å². The fourth-order valence-corrected chi connectivity index (χ4v) is 11.6. The number of hydrogen-bond acceptors (Lipinski definition) is 10. The van der Waals surface area contributed by atoms with Gasteiger partial charge in [0.25, 0.3) is 5.91 Å². The normalized spacial score (nSPS) is 22.3. The van der Waals surface area contributed by atoms with Crippen LogP contribution in [0.25, 0.3) is 10.1 Å². The van der Waals surface area contributed by atoms with Crippen molar-refractivity contribution in [3.05, 3.63) is 89.1 Å². The molecular weight excluding hydrogens is 776 g/mol. The summed E-state index contributed by atoms with van der Waals surface area (Å²) in [5, 5.41) is 6.72. The van der Waals surface area contributed by atoms with E-state index in [0.717, 1.165) is 42.4 Å². The summed E-state index contributed by atoms with van der Waals surface area (Å²) in [5.74, 6) is -0.427. The van der Waals surface area contributed by atoms with Crippen LogP contribution in [0.2, 0.25) is 0 Å². The first kappa shape index (κ1) is 40.0. The summed E-state index contributed by atoms with van der Waals surface area (Å²) in [6.45, 7) is 7.08. The van der Waals surface area contributed by atoms with Crippen LogP contribution in [0.1, 0.15) is 85.5 Å². The fourth-order valence-electron chi connectivity index (χ4n) is 8.57. The molecule has 6 heterocycles. The van der Waals surface area contributed by atoms with Gasteiger partial charge >= 0.3 is 13.5 Å². The molecule has 4 aliphatic heterocycles. The van der Waals surface area contributed by atoms with Crippen LogP contribution < -0.4 is 19.8 Å². The second-order valence-electron chi connectivity index (χ2n) is 15.9. The minimum absolute atomic E-state index is 0.00595. The van der Waals surface area contributed by atoms with E-state index in [4.69, 9.17) is 9.26 Å². The highest BCUT2D eigenvalue weighted by molar-refractivity contribution is 7.56. The Bertz CT molecular complexity index is 2210. The molecule has 0 spiro atoms. The van der Waals surface area contributed by atoms with Gasteiger partial charge in [0.2, 0.25) is 11.8 Å². The molecule has 1 unspecified atom stereocenters. The van der Waals surface area contributed by atoms with Crippen molar-refractivity contribution in [2.24, 2.45) is 0 Å². The number of thiophene rings is 1. The minimum Gasteiger partial charge on any atom is -0.465 e. The number of para-hydroxylation sites is 1. The van der Waals surface area contributed by atoms with Gasteiger partial charge in [0, 0.05) is 66.5 Å². The third-order valence-corrected chi connectivity index (χ3v) is 14.9. The van der Waals surface area contributed by atoms with Crippen molar-refractivity contribution >= 4 is 58.3 Å². The molecule has 4 saturated heterocycles. The summed E-state index contributed by atoms with van der Waals surface area (Å²) >= 11 is 1.31. The van der Waals surface area contributed by atoms with Crippen molar-refractivity contribution in [3.8, 4) is 5.75 Å². The number of pyridine rings is 1. The van der Waals surface area contributed by atoms with E-state index in [1.165, 1.54) is 29.0 Å². The molecule has 3 amide bonds. The van der Waals surface area contributed by atoms with Gasteiger partial charge in [-0.05, 0) is 99.2 Å². The van der Waals surface area contributed by atoms with Crippen molar-refractivity contribution in [2.75, 3.05) is 37.7 Å². The quantitative estimate of drug-likeness (QED) is 0.107. The van der Waals surface area contributed by atoms with Crippen LogP contribution in [0, 0.1) is 0 Å². The predicted octanol–water partition coefficient (Wildman–Crippen LogP) is 6.48. The van der Waals surface area contributed by atoms with Crippen LogP contribution in [0.4, 0.5) is 5.69 Å². The maximum atomic E-state index is 14.3. The number of benzene rings is 2. The van der Waals surface area contributed by atoms with Crippen molar-refractivity contribution in [1.29, 1.82) is 0 Å². The van der Waals surface area contributed by atoms with Crippen LogP contribution in [-0.4, -0.2) is 95.4 Å². The molecule has 2 aromatic heterocycles. The Balaban J connectivity index is 0.924. The Morgan fingerprint density at radius 3 is 2.57 bits per heavy atom. The smallest absolute Gasteiger partial charge is 0.323 e. The molecule has 2 aromatic carbocycles. The molecule has 306 valence electrons. The third-order valence-electron chi connectivity index (χ3n) is 11.7. The standard InChI is InChI=1S/C43H51N6O7PS/c1-3-21-55-43(53)28(2)46-57(54,56-33-10-5-4-6-11-33)27-29-13-16-38-30(22-29)23-39(58-38)40(50)45-35-12-7-9-32-14-15-37(49(32)41(35)51)42(52)48-25-31(26-48)34-24-44-18-17-36(34)47-19-8-20-47/h4-6,10-11,13,16-18,22-24,28,31-32,35,37H,3,7-9,12,14-15,19-21,25-27H2,1-2H3,(H,45,50)(H,46,54)/t28-,32-,35-,37-,57?/m0/s1. The Morgan fingerprint density at radius 1 is 1.00 bits per heavy atom. The van der Waals surface area contributed by atoms with E-state index < -0.39 is 31.6 Å². The van der Waals surface area contributed by atoms with Crippen molar-refractivity contribution < 1.29 is 33.0 Å². The fraction of sp³-hybridized carbons (Fsp3) is 0.465. The monoisotopic (exact) mass is 826 g/mol. The SMILES string of the molecule is CCCOC(=O)[C@H](C)NP(=O)(Cc1ccc2sc(C(=O)N[C@H]3CCC[C@H]4CC[C@@H](C(=O)N5CC(c6cnccc6N6CCC6)C5)N4C3=O)cc2c1)Oc1ccccc1. The van der Waals surface area contributed by atoms with E-state index in [0.29, 0.717) is 48.5 Å². The van der Waals surface area contributed by atoms with Crippen LogP contribution in [0.15, 0.2) is 73.1 Å². The number of fused-ring (bicyclic) bond motifs is 2. The molecule has 4 aromatic rings. The Hall–Kier alpha value is -4.78. The zero-order valence-electron chi connectivity index (χ0n) is 33.0. The molecule has 0 aliphatic carbocycles. The number of aromatic nitrogens is 1. The van der Waals surface area contributed by atoms with E-state index in [2.05, 4.69) is 26.4 Å². The van der Waals surface area contributed by atoms with Gasteiger partial charge in [-0.15, -0.1) is 11.3 Å². The van der Waals surface area contributed by atoms with E-state index in [1.807, 2.05) is 48.5 Å². The second kappa shape index (κ2) is 17.2. The maximum Gasteiger partial charge on any atom is 0.323 e. The van der Waals surface area contributed by atoms with Gasteiger partial charge in [-0.25, -0.2) is 5.09 Å². The number of hydrogen-bond donors (Lipinski definition) is 2. The number of carbonyl (C=O) groups is 4. The highest BCUT2D eigenvalue weighted by Crippen LogP contribution is 2.48. The molecule has 13 nitrogen and oxygen atoms in total. The van der Waals surface area contributed by atoms with E-state index in [1.54, 1.807) is 42.2 Å². The number of carbonyl (C=O) groups excluding carboxylic acids is 4. The van der Waals surface area contributed by atoms with Gasteiger partial charge in [0.1, 0.15) is 23.9 Å². The zero-order chi connectivity index (χ0) is 40.4. The number of nitrogens with one attached hydrogen (secondary N) is 2. The summed E-state index contributed by atoms with van der Waals surface area (Å²) in [7, 11) is -3.68. The van der Waals surface area contributed by atoms with Gasteiger partial charge in [-0.3, -0.25) is 28.7 Å². The summed E-state index contributed by atoms with van der Waals surface area (Å²) in [4.78, 5) is 65.4. The highest BCUT2D eigenvalue weighted by atomic mass is 32.1. The molecule has 0 saturated carbocycles. The number of amides is 3. The average Bonchev–Trinajstić information content (AvgIpc) is 3.76. The van der Waals surface area contributed by atoms with Gasteiger partial charge in [0.05, 0.1) is 17.6 Å². The van der Waals surface area contributed by atoms with Crippen LogP contribution in [0.5, 0.6) is 5.75 Å². The molecule has 5 atom stereocenters. The van der Waals surface area contributed by atoms with E-state index in [9.17, 15) is 23.7 Å². The number of rotatable bonds is 14. The van der Waals surface area contributed by atoms with Crippen LogP contribution in [-0.2, 0) is 29.8 Å². The number of likely N-dealkylation sites (tertiary alicyclic amines) is 1. The first-order valence-corrected chi connectivity index (χ1v) is 23.1. The Morgan fingerprint density at radius 2 is 1.81 bits per heavy atom. The molecule has 4 fully saturated rings. The minimum atomic E-state index is -3.68. The van der Waals surface area contributed by atoms with Crippen molar-refractivity contribution in [3.63, 3.8) is 0 Å². The summed E-state index contributed by atoms with van der Waals surface area (Å²) in [6, 6.07) is 16.1. The molecule has 0 radical (unpaired) electrons. The zero-order valence-corrected chi connectivity index (χ0v) is 34.7. The molecule has 4 aliphatic rings. The lowest BCUT2D eigenvalue weighted by atomic mass is 9.89. The molecule has 8 rings (SSSR count). The van der Waals surface area contributed by atoms with E-state index in [-0.39, 0.29) is 42.5 Å². The van der Waals surface area contributed by atoms with Crippen molar-refractivity contribution in [1.82, 2.24) is 25.2 Å². The highest BCUT2D eigenvalue weighted by Gasteiger charge is 2.48. The van der Waals surface area contributed by atoms with Gasteiger partial charge < -0.3 is 29.3 Å². The number of nitrogens with zero attached hydrogens (tertiary/aromatic N) is 4. The van der Waals surface area contributed by atoms with Crippen molar-refractivity contribution in [2.45, 2.75) is 95.0 Å². The average molecular weight is 827 g/mol.